The molecule has 2 aromatic rings. The van der Waals surface area contributed by atoms with Crippen molar-refractivity contribution < 1.29 is 14.1 Å². The van der Waals surface area contributed by atoms with Gasteiger partial charge in [-0.2, -0.15) is 4.98 Å². The highest BCUT2D eigenvalue weighted by Crippen LogP contribution is 2.38. The summed E-state index contributed by atoms with van der Waals surface area (Å²) in [6, 6.07) is 7.08. The molecular formula is C20H29ClN4O3. The van der Waals surface area contributed by atoms with Crippen molar-refractivity contribution in [2.45, 2.75) is 51.5 Å². The number of amides is 1. The number of aromatic nitrogens is 2. The van der Waals surface area contributed by atoms with Crippen LogP contribution in [0.1, 0.15) is 57.4 Å². The van der Waals surface area contributed by atoms with E-state index in [9.17, 15) is 4.79 Å². The molecule has 1 amide bonds. The Labute approximate surface area is 171 Å². The van der Waals surface area contributed by atoms with Gasteiger partial charge < -0.3 is 20.3 Å². The van der Waals surface area contributed by atoms with Crippen LogP contribution in [0.3, 0.4) is 0 Å². The first kappa shape index (κ1) is 22.2. The minimum absolute atomic E-state index is 0. The molecule has 1 unspecified atom stereocenters. The molecule has 3 rings (SSSR count). The van der Waals surface area contributed by atoms with Crippen molar-refractivity contribution in [1.29, 1.82) is 0 Å². The van der Waals surface area contributed by atoms with E-state index in [4.69, 9.17) is 15.0 Å². The Bertz CT molecular complexity index is 774. The van der Waals surface area contributed by atoms with Crippen LogP contribution in [0.2, 0.25) is 0 Å². The van der Waals surface area contributed by atoms with Crippen LogP contribution < -0.4 is 15.8 Å². The third kappa shape index (κ3) is 5.23. The van der Waals surface area contributed by atoms with Crippen molar-refractivity contribution in [2.24, 2.45) is 11.1 Å². The van der Waals surface area contributed by atoms with Crippen molar-refractivity contribution in [1.82, 2.24) is 15.5 Å². The lowest BCUT2D eigenvalue weighted by Gasteiger charge is -2.35. The fourth-order valence-corrected chi connectivity index (χ4v) is 3.74. The molecule has 3 N–H and O–H groups in total. The fourth-order valence-electron chi connectivity index (χ4n) is 3.74. The van der Waals surface area contributed by atoms with Crippen LogP contribution in [0.25, 0.3) is 11.4 Å². The third-order valence-corrected chi connectivity index (χ3v) is 5.40. The van der Waals surface area contributed by atoms with Crippen molar-refractivity contribution in [3.05, 3.63) is 30.2 Å². The van der Waals surface area contributed by atoms with Crippen molar-refractivity contribution in [3.63, 3.8) is 0 Å². The van der Waals surface area contributed by atoms with E-state index in [0.29, 0.717) is 24.7 Å². The SMILES string of the molecule is COc1cccc(-c2noc(C(C)NC(=O)CC3(CN)CCCCC3)n2)c1.Cl. The Hall–Kier alpha value is -2.12. The second-order valence-electron chi connectivity index (χ2n) is 7.42. The van der Waals surface area contributed by atoms with Gasteiger partial charge in [0, 0.05) is 12.0 Å². The number of benzene rings is 1. The molecule has 154 valence electrons. The van der Waals surface area contributed by atoms with E-state index >= 15 is 0 Å². The molecule has 0 aliphatic heterocycles. The quantitative estimate of drug-likeness (QED) is 0.724. The Morgan fingerprint density at radius 1 is 1.36 bits per heavy atom. The Morgan fingerprint density at radius 3 is 2.79 bits per heavy atom. The molecular weight excluding hydrogens is 380 g/mol. The fraction of sp³-hybridized carbons (Fsp3) is 0.550. The molecule has 1 heterocycles. The minimum Gasteiger partial charge on any atom is -0.497 e. The molecule has 0 radical (unpaired) electrons. The van der Waals surface area contributed by atoms with Gasteiger partial charge in [-0.15, -0.1) is 12.4 Å². The number of hydrogen-bond acceptors (Lipinski definition) is 6. The lowest BCUT2D eigenvalue weighted by atomic mass is 9.71. The van der Waals surface area contributed by atoms with E-state index in [1.54, 1.807) is 7.11 Å². The summed E-state index contributed by atoms with van der Waals surface area (Å²) in [6.45, 7) is 2.39. The first-order valence-corrected chi connectivity index (χ1v) is 9.53. The van der Waals surface area contributed by atoms with Gasteiger partial charge in [0.1, 0.15) is 11.8 Å². The number of halogens is 1. The molecule has 0 saturated heterocycles. The molecule has 0 bridgehead atoms. The van der Waals surface area contributed by atoms with E-state index in [2.05, 4.69) is 15.5 Å². The van der Waals surface area contributed by atoms with Crippen LogP contribution in [0.5, 0.6) is 5.75 Å². The molecule has 0 spiro atoms. The second kappa shape index (κ2) is 9.89. The molecule has 8 heteroatoms. The first-order chi connectivity index (χ1) is 13.0. The number of carbonyl (C=O) groups excluding carboxylic acids is 1. The number of hydrogen-bond donors (Lipinski definition) is 2. The van der Waals surface area contributed by atoms with Gasteiger partial charge in [-0.3, -0.25) is 4.79 Å². The van der Waals surface area contributed by atoms with E-state index in [1.165, 1.54) is 6.42 Å². The van der Waals surface area contributed by atoms with Crippen molar-refractivity contribution in [3.8, 4) is 17.1 Å². The van der Waals surface area contributed by atoms with E-state index in [-0.39, 0.29) is 29.8 Å². The Kier molecular flexibility index (Phi) is 7.83. The number of nitrogens with one attached hydrogen (secondary N) is 1. The zero-order chi connectivity index (χ0) is 19.3. The van der Waals surface area contributed by atoms with Gasteiger partial charge in [0.25, 0.3) is 0 Å². The maximum absolute atomic E-state index is 12.5. The van der Waals surface area contributed by atoms with Crippen LogP contribution in [0.15, 0.2) is 28.8 Å². The minimum atomic E-state index is -0.359. The summed E-state index contributed by atoms with van der Waals surface area (Å²) in [5, 5.41) is 7.00. The van der Waals surface area contributed by atoms with Gasteiger partial charge in [-0.1, -0.05) is 36.6 Å². The lowest BCUT2D eigenvalue weighted by molar-refractivity contribution is -0.124. The number of methoxy groups -OCH3 is 1. The van der Waals surface area contributed by atoms with Crippen LogP contribution in [0, 0.1) is 5.41 Å². The largest absolute Gasteiger partial charge is 0.497 e. The standard InChI is InChI=1S/C20H28N4O3.ClH/c1-14(22-17(25)12-20(13-21)9-4-3-5-10-20)19-23-18(24-27-19)15-7-6-8-16(11-15)26-2;/h6-8,11,14H,3-5,9-10,12-13,21H2,1-2H3,(H,22,25);1H. The van der Waals surface area contributed by atoms with Crippen molar-refractivity contribution in [2.75, 3.05) is 13.7 Å². The predicted molar refractivity (Wildman–Crippen MR) is 109 cm³/mol. The average Bonchev–Trinajstić information content (AvgIpc) is 3.19. The molecule has 1 fully saturated rings. The first-order valence-electron chi connectivity index (χ1n) is 9.53. The number of carbonyl (C=O) groups is 1. The van der Waals surface area contributed by atoms with Gasteiger partial charge in [-0.25, -0.2) is 0 Å². The normalized spacial score (nSPS) is 16.7. The van der Waals surface area contributed by atoms with Gasteiger partial charge in [-0.05, 0) is 43.9 Å². The maximum Gasteiger partial charge on any atom is 0.249 e. The smallest absolute Gasteiger partial charge is 0.249 e. The molecule has 1 aliphatic carbocycles. The number of ether oxygens (including phenoxy) is 1. The van der Waals surface area contributed by atoms with E-state index in [0.717, 1.165) is 37.0 Å². The summed E-state index contributed by atoms with van der Waals surface area (Å²) >= 11 is 0. The number of nitrogens with zero attached hydrogens (tertiary/aromatic N) is 2. The van der Waals surface area contributed by atoms with Gasteiger partial charge in [0.15, 0.2) is 0 Å². The monoisotopic (exact) mass is 408 g/mol. The average molecular weight is 409 g/mol. The van der Waals surface area contributed by atoms with E-state index < -0.39 is 0 Å². The molecule has 1 atom stereocenters. The summed E-state index contributed by atoms with van der Waals surface area (Å²) in [6.07, 6.45) is 6.01. The summed E-state index contributed by atoms with van der Waals surface area (Å²) in [4.78, 5) is 17.0. The summed E-state index contributed by atoms with van der Waals surface area (Å²) < 4.78 is 10.6. The van der Waals surface area contributed by atoms with Crippen molar-refractivity contribution >= 4 is 18.3 Å². The zero-order valence-corrected chi connectivity index (χ0v) is 17.3. The molecule has 1 aliphatic rings. The molecule has 1 saturated carbocycles. The maximum atomic E-state index is 12.5. The Balaban J connectivity index is 0.00000280. The lowest BCUT2D eigenvalue weighted by Crippen LogP contribution is -2.39. The zero-order valence-electron chi connectivity index (χ0n) is 16.4. The van der Waals surface area contributed by atoms with Crippen LogP contribution >= 0.6 is 12.4 Å². The third-order valence-electron chi connectivity index (χ3n) is 5.40. The molecule has 1 aromatic heterocycles. The number of rotatable bonds is 7. The number of nitrogens with two attached hydrogens (primary N) is 1. The van der Waals surface area contributed by atoms with Gasteiger partial charge >= 0.3 is 0 Å². The predicted octanol–water partition coefficient (Wildman–Crippen LogP) is 3.64. The van der Waals surface area contributed by atoms with Crippen LogP contribution in [0.4, 0.5) is 0 Å². The second-order valence-corrected chi connectivity index (χ2v) is 7.42. The molecule has 28 heavy (non-hydrogen) atoms. The summed E-state index contributed by atoms with van der Waals surface area (Å²) in [5.74, 6) is 1.55. The summed E-state index contributed by atoms with van der Waals surface area (Å²) in [5.41, 5.74) is 6.72. The molecule has 1 aromatic carbocycles. The van der Waals surface area contributed by atoms with Gasteiger partial charge in [0.05, 0.1) is 7.11 Å². The Morgan fingerprint density at radius 2 is 2.11 bits per heavy atom. The van der Waals surface area contributed by atoms with Crippen LogP contribution in [-0.4, -0.2) is 29.7 Å². The summed E-state index contributed by atoms with van der Waals surface area (Å²) in [7, 11) is 1.61. The van der Waals surface area contributed by atoms with E-state index in [1.807, 2.05) is 31.2 Å². The van der Waals surface area contributed by atoms with Gasteiger partial charge in [0.2, 0.25) is 17.6 Å². The topological polar surface area (TPSA) is 103 Å². The highest BCUT2D eigenvalue weighted by molar-refractivity contribution is 5.85. The highest BCUT2D eigenvalue weighted by Gasteiger charge is 2.33. The van der Waals surface area contributed by atoms with Crippen LogP contribution in [-0.2, 0) is 4.79 Å². The highest BCUT2D eigenvalue weighted by atomic mass is 35.5. The molecule has 7 nitrogen and oxygen atoms in total.